The van der Waals surface area contributed by atoms with Gasteiger partial charge in [0.15, 0.2) is 11.6 Å². The van der Waals surface area contributed by atoms with Gasteiger partial charge in [0.1, 0.15) is 29.4 Å². The van der Waals surface area contributed by atoms with Crippen LogP contribution < -0.4 is 4.90 Å². The second-order valence-corrected chi connectivity index (χ2v) is 11.6. The summed E-state index contributed by atoms with van der Waals surface area (Å²) >= 11 is 12.5. The number of aromatic nitrogens is 1. The van der Waals surface area contributed by atoms with Crippen LogP contribution in [0.1, 0.15) is 49.0 Å². The molecule has 232 valence electrons. The van der Waals surface area contributed by atoms with Gasteiger partial charge in [-0.3, -0.25) is 0 Å². The Labute approximate surface area is 262 Å². The number of nitrogens with zero attached hydrogens (tertiary/aromatic N) is 4. The van der Waals surface area contributed by atoms with Gasteiger partial charge in [0.25, 0.3) is 0 Å². The van der Waals surface area contributed by atoms with Gasteiger partial charge in [0.2, 0.25) is 0 Å². The van der Waals surface area contributed by atoms with Gasteiger partial charge in [-0.2, -0.15) is 4.91 Å². The zero-order valence-electron chi connectivity index (χ0n) is 24.0. The van der Waals surface area contributed by atoms with Crippen molar-refractivity contribution in [1.82, 2.24) is 4.98 Å². The highest BCUT2D eigenvalue weighted by atomic mass is 35.5. The van der Waals surface area contributed by atoms with Crippen molar-refractivity contribution in [3.63, 3.8) is 0 Å². The first-order valence-electron chi connectivity index (χ1n) is 13.6. The summed E-state index contributed by atoms with van der Waals surface area (Å²) in [6, 6.07) is 3.05. The number of ether oxygens (including phenoxy) is 1. The summed E-state index contributed by atoms with van der Waals surface area (Å²) in [5, 5.41) is 25.6. The zero-order valence-corrected chi connectivity index (χ0v) is 25.5. The molecule has 2 fully saturated rings. The molecule has 1 saturated carbocycles. The summed E-state index contributed by atoms with van der Waals surface area (Å²) in [6.45, 7) is 7.84. The second-order valence-electron chi connectivity index (χ2n) is 10.8. The molecule has 1 aromatic carbocycles. The number of anilines is 1. The molecule has 0 bridgehead atoms. The predicted molar refractivity (Wildman–Crippen MR) is 165 cm³/mol. The van der Waals surface area contributed by atoms with Gasteiger partial charge in [-0.15, -0.1) is 0 Å². The van der Waals surface area contributed by atoms with Crippen LogP contribution in [-0.2, 0) is 4.74 Å². The maximum absolute atomic E-state index is 14.5. The van der Waals surface area contributed by atoms with Crippen LogP contribution in [0.2, 0.25) is 10.0 Å². The average Bonchev–Trinajstić information content (AvgIpc) is 3.78. The number of hydrogen-bond acceptors (Lipinski definition) is 8. The number of carboxylic acid groups (broad SMARTS) is 1. The Balaban J connectivity index is 1.43. The maximum atomic E-state index is 14.5. The lowest BCUT2D eigenvalue weighted by Crippen LogP contribution is -2.61. The van der Waals surface area contributed by atoms with Gasteiger partial charge < -0.3 is 20.0 Å². The first-order valence-corrected chi connectivity index (χ1v) is 14.4. The molecule has 1 saturated heterocycles. The fraction of sp³-hybridized carbons (Fsp3) is 0.323. The number of hydrogen-bond donors (Lipinski definition) is 2. The molecule has 0 atom stereocenters. The van der Waals surface area contributed by atoms with Crippen LogP contribution in [0.25, 0.3) is 0 Å². The van der Waals surface area contributed by atoms with Crippen molar-refractivity contribution >= 4 is 40.7 Å². The molecule has 9 nitrogen and oxygen atoms in total. The third kappa shape index (κ3) is 7.51. The van der Waals surface area contributed by atoms with Gasteiger partial charge >= 0.3 is 5.97 Å². The number of carbonyl (C=O) groups is 1. The molecule has 0 amide bonds. The van der Waals surface area contributed by atoms with Gasteiger partial charge in [0.05, 0.1) is 28.7 Å². The molecule has 2 N–H and O–H groups in total. The standard InChI is InChI=1S/C31H30Cl2F2N4O5/c1-4-23(44-14-21(8-19-5-6-19)28(37-42)27-24(32)10-22(34)11-25(27)33)7-17(2)18(3)12-31(38-43)15-39(16-31)29-26(35)9-20(13-36-29)30(40)41/h4,7-11,13,19,42H,3,5-6,12,14-16H2,1-2H3,(H,40,41)/b17-7-,21-8+,23-4+,37-28+. The van der Waals surface area contributed by atoms with Crippen molar-refractivity contribution in [2.45, 2.75) is 38.6 Å². The van der Waals surface area contributed by atoms with Crippen molar-refractivity contribution in [2.75, 3.05) is 24.6 Å². The molecule has 2 aromatic rings. The average molecular weight is 648 g/mol. The van der Waals surface area contributed by atoms with E-state index in [0.29, 0.717) is 22.5 Å². The summed E-state index contributed by atoms with van der Waals surface area (Å²) in [7, 11) is 0. The summed E-state index contributed by atoms with van der Waals surface area (Å²) in [4.78, 5) is 28.3. The monoisotopic (exact) mass is 646 g/mol. The number of aromatic carboxylic acids is 1. The van der Waals surface area contributed by atoms with Gasteiger partial charge in [0, 0.05) is 23.8 Å². The van der Waals surface area contributed by atoms with E-state index >= 15 is 0 Å². The summed E-state index contributed by atoms with van der Waals surface area (Å²) in [5.41, 5.74) is 0.754. The predicted octanol–water partition coefficient (Wildman–Crippen LogP) is 7.72. The molecule has 1 aliphatic heterocycles. The number of rotatable bonds is 13. The number of benzene rings is 1. The van der Waals surface area contributed by atoms with E-state index in [-0.39, 0.29) is 64.7 Å². The van der Waals surface area contributed by atoms with Gasteiger partial charge in [-0.25, -0.2) is 18.6 Å². The number of oxime groups is 1. The fourth-order valence-corrected chi connectivity index (χ4v) is 5.44. The maximum Gasteiger partial charge on any atom is 0.337 e. The lowest BCUT2D eigenvalue weighted by molar-refractivity contribution is 0.0695. The molecular weight excluding hydrogens is 617 g/mol. The number of halogens is 4. The topological polar surface area (TPSA) is 125 Å². The van der Waals surface area contributed by atoms with E-state index in [9.17, 15) is 23.7 Å². The Bertz CT molecular complexity index is 1590. The Morgan fingerprint density at radius 2 is 1.91 bits per heavy atom. The summed E-state index contributed by atoms with van der Waals surface area (Å²) in [5.74, 6) is -2.04. The van der Waals surface area contributed by atoms with Crippen molar-refractivity contribution in [3.05, 3.63) is 109 Å². The highest BCUT2D eigenvalue weighted by Crippen LogP contribution is 2.37. The largest absolute Gasteiger partial charge is 0.489 e. The molecular formula is C31H30Cl2F2N4O5. The van der Waals surface area contributed by atoms with E-state index in [4.69, 9.17) is 33.0 Å². The van der Waals surface area contributed by atoms with Crippen LogP contribution in [0.4, 0.5) is 14.6 Å². The van der Waals surface area contributed by atoms with Crippen LogP contribution in [0.15, 0.2) is 82.0 Å². The van der Waals surface area contributed by atoms with E-state index in [2.05, 4.69) is 21.9 Å². The first kappa shape index (κ1) is 32.8. The van der Waals surface area contributed by atoms with Crippen LogP contribution in [-0.4, -0.2) is 52.2 Å². The van der Waals surface area contributed by atoms with Crippen molar-refractivity contribution < 1.29 is 28.6 Å². The SMILES string of the molecule is C=C(CC1(N=O)CN(c2ncc(C(=O)O)cc2F)C1)/C(C)=C\C(=C/C)OCC(=C\C1CC1)/C(=N\O)c1c(Cl)cc(F)cc1Cl. The Morgan fingerprint density at radius 3 is 2.43 bits per heavy atom. The lowest BCUT2D eigenvalue weighted by Gasteiger charge is -2.46. The van der Waals surface area contributed by atoms with Crippen LogP contribution in [0.3, 0.4) is 0 Å². The molecule has 44 heavy (non-hydrogen) atoms. The second kappa shape index (κ2) is 13.7. The molecule has 0 spiro atoms. The molecule has 2 heterocycles. The normalized spacial score (nSPS) is 17.3. The summed E-state index contributed by atoms with van der Waals surface area (Å²) in [6.07, 6.45) is 8.56. The molecule has 2 aliphatic rings. The van der Waals surface area contributed by atoms with Gasteiger partial charge in [-0.05, 0) is 74.1 Å². The minimum absolute atomic E-state index is 0.00846. The fourth-order valence-electron chi connectivity index (χ4n) is 4.80. The van der Waals surface area contributed by atoms with Crippen molar-refractivity contribution in [1.29, 1.82) is 0 Å². The number of pyridine rings is 1. The van der Waals surface area contributed by atoms with Crippen molar-refractivity contribution in [2.24, 2.45) is 16.3 Å². The van der Waals surface area contributed by atoms with E-state index in [0.717, 1.165) is 37.2 Å². The number of nitroso groups, excluding NO2 is 1. The quantitative estimate of drug-likeness (QED) is 0.0570. The Morgan fingerprint density at radius 1 is 1.25 bits per heavy atom. The molecule has 0 radical (unpaired) electrons. The van der Waals surface area contributed by atoms with Gasteiger partial charge in [-0.1, -0.05) is 46.2 Å². The third-order valence-electron chi connectivity index (χ3n) is 7.38. The minimum atomic E-state index is -1.29. The molecule has 0 unspecified atom stereocenters. The molecule has 1 aromatic heterocycles. The lowest BCUT2D eigenvalue weighted by atomic mass is 9.82. The number of carboxylic acids is 1. The number of allylic oxidation sites excluding steroid dienone is 4. The van der Waals surface area contributed by atoms with Crippen LogP contribution in [0, 0.1) is 22.5 Å². The third-order valence-corrected chi connectivity index (χ3v) is 7.97. The Kier molecular flexibility index (Phi) is 10.2. The minimum Gasteiger partial charge on any atom is -0.489 e. The first-order chi connectivity index (χ1) is 20.9. The summed E-state index contributed by atoms with van der Waals surface area (Å²) < 4.78 is 34.3. The highest BCUT2D eigenvalue weighted by molar-refractivity contribution is 6.41. The Hall–Kier alpha value is -4.09. The van der Waals surface area contributed by atoms with Crippen LogP contribution >= 0.6 is 23.2 Å². The van der Waals surface area contributed by atoms with Crippen molar-refractivity contribution in [3.8, 4) is 0 Å². The molecule has 13 heteroatoms. The molecule has 1 aliphatic carbocycles. The smallest absolute Gasteiger partial charge is 0.337 e. The zero-order chi connectivity index (χ0) is 32.2. The highest BCUT2D eigenvalue weighted by Gasteiger charge is 2.46. The van der Waals surface area contributed by atoms with E-state index in [1.807, 2.05) is 6.08 Å². The van der Waals surface area contributed by atoms with E-state index in [1.54, 1.807) is 26.0 Å². The van der Waals surface area contributed by atoms with E-state index < -0.39 is 23.1 Å². The molecule has 4 rings (SSSR count). The van der Waals surface area contributed by atoms with E-state index in [1.165, 1.54) is 4.90 Å². The van der Waals surface area contributed by atoms with Crippen LogP contribution in [0.5, 0.6) is 0 Å².